The van der Waals surface area contributed by atoms with Crippen molar-refractivity contribution >= 4 is 17.8 Å². The first kappa shape index (κ1) is 17.2. The number of hydrogen-bond acceptors (Lipinski definition) is 7. The zero-order valence-electron chi connectivity index (χ0n) is 13.8. The van der Waals surface area contributed by atoms with Gasteiger partial charge in [-0.25, -0.2) is 0 Å². The molecular weight excluding hydrogens is 292 g/mol. The molecule has 7 nitrogen and oxygen atoms in total. The fraction of sp³-hybridized carbons (Fsp3) is 0.562. The van der Waals surface area contributed by atoms with Crippen LogP contribution in [-0.2, 0) is 4.74 Å². The lowest BCUT2D eigenvalue weighted by molar-refractivity contribution is 0.0457. The smallest absolute Gasteiger partial charge is 0.231 e. The lowest BCUT2D eigenvalue weighted by atomic mass is 10.1. The zero-order valence-corrected chi connectivity index (χ0v) is 13.8. The van der Waals surface area contributed by atoms with Crippen molar-refractivity contribution in [2.75, 3.05) is 48.3 Å². The molecule has 2 rings (SSSR count). The van der Waals surface area contributed by atoms with Crippen LogP contribution in [0.2, 0.25) is 0 Å². The number of hydrogen-bond donors (Lipinski definition) is 2. The van der Waals surface area contributed by atoms with Gasteiger partial charge in [-0.05, 0) is 19.8 Å². The molecule has 0 bridgehead atoms. The molecule has 1 aromatic heterocycles. The quantitative estimate of drug-likeness (QED) is 0.675. The number of aromatic nitrogens is 3. The molecule has 7 heteroatoms. The summed E-state index contributed by atoms with van der Waals surface area (Å²) in [6, 6.07) is 0. The Bertz CT molecular complexity index is 483. The van der Waals surface area contributed by atoms with Gasteiger partial charge in [-0.15, -0.1) is 13.2 Å². The maximum atomic E-state index is 5.69. The second-order valence-electron chi connectivity index (χ2n) is 5.26. The van der Waals surface area contributed by atoms with E-state index >= 15 is 0 Å². The van der Waals surface area contributed by atoms with E-state index < -0.39 is 0 Å². The number of piperidine rings is 1. The predicted octanol–water partition coefficient (Wildman–Crippen LogP) is 2.07. The van der Waals surface area contributed by atoms with Gasteiger partial charge in [0.15, 0.2) is 0 Å². The van der Waals surface area contributed by atoms with Gasteiger partial charge in [0.05, 0.1) is 6.10 Å². The van der Waals surface area contributed by atoms with E-state index in [0.29, 0.717) is 37.0 Å². The van der Waals surface area contributed by atoms with Crippen molar-refractivity contribution in [2.45, 2.75) is 25.9 Å². The molecule has 0 aromatic carbocycles. The van der Waals surface area contributed by atoms with Crippen LogP contribution in [-0.4, -0.2) is 53.8 Å². The second-order valence-corrected chi connectivity index (χ2v) is 5.26. The van der Waals surface area contributed by atoms with Crippen LogP contribution in [0.5, 0.6) is 0 Å². The summed E-state index contributed by atoms with van der Waals surface area (Å²) >= 11 is 0. The van der Waals surface area contributed by atoms with Crippen molar-refractivity contribution in [1.29, 1.82) is 0 Å². The molecule has 2 N–H and O–H groups in total. The number of nitrogens with one attached hydrogen (secondary N) is 2. The first-order chi connectivity index (χ1) is 11.3. The highest BCUT2D eigenvalue weighted by molar-refractivity contribution is 5.44. The van der Waals surface area contributed by atoms with E-state index in [1.807, 2.05) is 6.92 Å². The maximum absolute atomic E-state index is 5.69. The minimum Gasteiger partial charge on any atom is -0.378 e. The van der Waals surface area contributed by atoms with Gasteiger partial charge in [-0.2, -0.15) is 15.0 Å². The zero-order chi connectivity index (χ0) is 16.5. The molecular formula is C16H26N6O. The summed E-state index contributed by atoms with van der Waals surface area (Å²) < 4.78 is 5.69. The number of nitrogens with zero attached hydrogens (tertiary/aromatic N) is 4. The SMILES string of the molecule is C=CCNc1nc(NCC=C)nc(N2CCC(OCC)CC2)n1. The lowest BCUT2D eigenvalue weighted by Crippen LogP contribution is -2.38. The molecule has 0 aliphatic carbocycles. The third-order valence-electron chi connectivity index (χ3n) is 3.56. The highest BCUT2D eigenvalue weighted by Gasteiger charge is 2.22. The van der Waals surface area contributed by atoms with Gasteiger partial charge in [0, 0.05) is 32.8 Å². The van der Waals surface area contributed by atoms with E-state index in [2.05, 4.69) is 43.6 Å². The maximum Gasteiger partial charge on any atom is 0.231 e. The minimum atomic E-state index is 0.342. The van der Waals surface area contributed by atoms with Crippen LogP contribution in [0.1, 0.15) is 19.8 Å². The standard InChI is InChI=1S/C16H26N6O/c1-4-9-17-14-19-15(18-10-5-2)21-16(20-14)22-11-7-13(8-12-22)23-6-3/h4-5,13H,1-2,6-12H2,3H3,(H2,17,18,19,20,21). The molecule has 0 unspecified atom stereocenters. The Morgan fingerprint density at radius 2 is 1.65 bits per heavy atom. The Labute approximate surface area is 137 Å². The summed E-state index contributed by atoms with van der Waals surface area (Å²) in [5.74, 6) is 1.79. The first-order valence-corrected chi connectivity index (χ1v) is 8.09. The molecule has 1 aromatic rings. The van der Waals surface area contributed by atoms with Gasteiger partial charge < -0.3 is 20.3 Å². The highest BCUT2D eigenvalue weighted by atomic mass is 16.5. The van der Waals surface area contributed by atoms with Crippen LogP contribution in [0, 0.1) is 0 Å². The van der Waals surface area contributed by atoms with Crippen LogP contribution in [0.3, 0.4) is 0 Å². The van der Waals surface area contributed by atoms with Crippen LogP contribution in [0.4, 0.5) is 17.8 Å². The topological polar surface area (TPSA) is 75.2 Å². The summed E-state index contributed by atoms with van der Waals surface area (Å²) in [6.45, 7) is 13.2. The highest BCUT2D eigenvalue weighted by Crippen LogP contribution is 2.20. The Morgan fingerprint density at radius 3 is 2.13 bits per heavy atom. The molecule has 0 amide bonds. The van der Waals surface area contributed by atoms with Crippen LogP contribution < -0.4 is 15.5 Å². The fourth-order valence-electron chi connectivity index (χ4n) is 2.45. The summed E-state index contributed by atoms with van der Waals surface area (Å²) in [5, 5.41) is 6.24. The van der Waals surface area contributed by atoms with E-state index in [0.717, 1.165) is 32.5 Å². The molecule has 1 fully saturated rings. The predicted molar refractivity (Wildman–Crippen MR) is 94.1 cm³/mol. The van der Waals surface area contributed by atoms with Gasteiger partial charge in [-0.1, -0.05) is 12.2 Å². The number of anilines is 3. The fourth-order valence-corrected chi connectivity index (χ4v) is 2.45. The average Bonchev–Trinajstić information content (AvgIpc) is 2.59. The molecule has 1 aliphatic heterocycles. The van der Waals surface area contributed by atoms with Gasteiger partial charge in [0.1, 0.15) is 0 Å². The summed E-state index contributed by atoms with van der Waals surface area (Å²) in [7, 11) is 0. The Balaban J connectivity index is 2.09. The molecule has 0 radical (unpaired) electrons. The Hall–Kier alpha value is -2.15. The summed E-state index contributed by atoms with van der Waals surface area (Å²) in [4.78, 5) is 15.6. The van der Waals surface area contributed by atoms with E-state index in [4.69, 9.17) is 4.74 Å². The minimum absolute atomic E-state index is 0.342. The average molecular weight is 318 g/mol. The number of rotatable bonds is 9. The molecule has 0 spiro atoms. The summed E-state index contributed by atoms with van der Waals surface area (Å²) in [6.07, 6.45) is 5.87. The third kappa shape index (κ3) is 5.21. The van der Waals surface area contributed by atoms with Gasteiger partial charge in [-0.3, -0.25) is 0 Å². The van der Waals surface area contributed by atoms with Crippen molar-refractivity contribution in [3.05, 3.63) is 25.3 Å². The molecule has 2 heterocycles. The van der Waals surface area contributed by atoms with E-state index in [-0.39, 0.29) is 0 Å². The Kier molecular flexibility index (Phi) is 6.80. The first-order valence-electron chi connectivity index (χ1n) is 8.09. The van der Waals surface area contributed by atoms with Gasteiger partial charge in [0.25, 0.3) is 0 Å². The molecule has 23 heavy (non-hydrogen) atoms. The van der Waals surface area contributed by atoms with Crippen molar-refractivity contribution in [2.24, 2.45) is 0 Å². The largest absolute Gasteiger partial charge is 0.378 e. The summed E-state index contributed by atoms with van der Waals surface area (Å²) in [5.41, 5.74) is 0. The molecule has 0 saturated carbocycles. The van der Waals surface area contributed by atoms with E-state index in [1.54, 1.807) is 12.2 Å². The monoisotopic (exact) mass is 318 g/mol. The lowest BCUT2D eigenvalue weighted by Gasteiger charge is -2.31. The normalized spacial score (nSPS) is 15.3. The molecule has 1 saturated heterocycles. The van der Waals surface area contributed by atoms with Gasteiger partial charge >= 0.3 is 0 Å². The second kappa shape index (κ2) is 9.09. The van der Waals surface area contributed by atoms with Crippen LogP contribution >= 0.6 is 0 Å². The molecule has 1 aliphatic rings. The molecule has 0 atom stereocenters. The van der Waals surface area contributed by atoms with Crippen molar-refractivity contribution < 1.29 is 4.74 Å². The van der Waals surface area contributed by atoms with Crippen molar-refractivity contribution in [3.8, 4) is 0 Å². The van der Waals surface area contributed by atoms with E-state index in [9.17, 15) is 0 Å². The van der Waals surface area contributed by atoms with Crippen molar-refractivity contribution in [3.63, 3.8) is 0 Å². The number of ether oxygens (including phenoxy) is 1. The van der Waals surface area contributed by atoms with E-state index in [1.165, 1.54) is 0 Å². The van der Waals surface area contributed by atoms with Crippen LogP contribution in [0.25, 0.3) is 0 Å². The van der Waals surface area contributed by atoms with Gasteiger partial charge in [0.2, 0.25) is 17.8 Å². The van der Waals surface area contributed by atoms with Crippen LogP contribution in [0.15, 0.2) is 25.3 Å². The third-order valence-corrected chi connectivity index (χ3v) is 3.56. The van der Waals surface area contributed by atoms with Crippen molar-refractivity contribution in [1.82, 2.24) is 15.0 Å². The Morgan fingerprint density at radius 1 is 1.09 bits per heavy atom. The molecule has 126 valence electrons.